The molecule has 0 saturated carbocycles. The van der Waals surface area contributed by atoms with E-state index in [0.29, 0.717) is 19.7 Å². The van der Waals surface area contributed by atoms with Crippen molar-refractivity contribution < 1.29 is 34.7 Å². The van der Waals surface area contributed by atoms with Gasteiger partial charge in [-0.05, 0) is 323 Å². The van der Waals surface area contributed by atoms with Crippen molar-refractivity contribution >= 4 is 172 Å². The van der Waals surface area contributed by atoms with Gasteiger partial charge in [-0.25, -0.2) is 25.3 Å². The first-order chi connectivity index (χ1) is 61.3. The van der Waals surface area contributed by atoms with E-state index in [1.54, 1.807) is 42.5 Å². The molecule has 0 aliphatic carbocycles. The summed E-state index contributed by atoms with van der Waals surface area (Å²) in [5.74, 6) is 1.47. The Hall–Kier alpha value is -10.6. The molecule has 23 heteroatoms. The van der Waals surface area contributed by atoms with Crippen molar-refractivity contribution in [3.63, 3.8) is 0 Å². The molecule has 0 aliphatic rings. The van der Waals surface area contributed by atoms with Gasteiger partial charge in [0.25, 0.3) is 0 Å². The van der Waals surface area contributed by atoms with Gasteiger partial charge in [-0.2, -0.15) is 0 Å². The van der Waals surface area contributed by atoms with Gasteiger partial charge in [0.15, 0.2) is 29.5 Å². The Morgan fingerprint density at radius 2 is 0.617 bits per heavy atom. The van der Waals surface area contributed by atoms with Crippen LogP contribution < -0.4 is 9.47 Å². The number of thiophene rings is 4. The van der Waals surface area contributed by atoms with Crippen LogP contribution in [0.25, 0.3) is 65.4 Å². The Labute approximate surface area is 784 Å². The second-order valence-corrected chi connectivity index (χ2v) is 45.5. The van der Waals surface area contributed by atoms with E-state index in [4.69, 9.17) is 19.4 Å². The maximum atomic E-state index is 12.8. The molecule has 0 unspecified atom stereocenters. The van der Waals surface area contributed by atoms with E-state index in [1.807, 2.05) is 188 Å². The molecule has 0 bridgehead atoms. The molecule has 0 fully saturated rings. The van der Waals surface area contributed by atoms with Gasteiger partial charge in [-0.15, -0.1) is 45.3 Å². The fourth-order valence-electron chi connectivity index (χ4n) is 14.6. The Balaban J connectivity index is 0.000000132. The van der Waals surface area contributed by atoms with E-state index in [9.17, 15) is 25.3 Å². The molecule has 18 aromatic rings. The van der Waals surface area contributed by atoms with Crippen LogP contribution in [0.2, 0.25) is 0 Å². The summed E-state index contributed by atoms with van der Waals surface area (Å²) < 4.78 is 89.7. The third-order valence-electron chi connectivity index (χ3n) is 20.8. The smallest absolute Gasteiger partial charge is 0.191 e. The molecular weight excluding hydrogens is 1860 g/mol. The lowest BCUT2D eigenvalue weighted by Gasteiger charge is -2.11. The highest BCUT2D eigenvalue weighted by molar-refractivity contribution is 9.11. The monoisotopic (exact) mass is 1960 g/mol. The normalized spacial score (nSPS) is 11.5. The number of para-hydroxylation sites is 6. The molecule has 0 atom stereocenters. The second kappa shape index (κ2) is 43.7. The predicted molar refractivity (Wildman–Crippen MR) is 540 cm³/mol. The summed E-state index contributed by atoms with van der Waals surface area (Å²) in [5, 5.41) is 10.6. The van der Waals surface area contributed by atoms with Crippen LogP contribution >= 0.6 is 77.2 Å². The third kappa shape index (κ3) is 26.4. The van der Waals surface area contributed by atoms with Crippen molar-refractivity contribution in [1.82, 2.24) is 29.9 Å². The Kier molecular flexibility index (Phi) is 32.4. The maximum Gasteiger partial charge on any atom is 0.191 e. The first kappa shape index (κ1) is 95.0. The molecule has 0 saturated heterocycles. The van der Waals surface area contributed by atoms with Crippen LogP contribution in [0.1, 0.15) is 122 Å². The van der Waals surface area contributed by atoms with Crippen LogP contribution in [0.4, 0.5) is 0 Å². The van der Waals surface area contributed by atoms with E-state index < -0.39 is 29.5 Å². The number of halogens is 2. The van der Waals surface area contributed by atoms with Crippen molar-refractivity contribution in [3.8, 4) is 11.5 Å². The number of aromatic nitrogens is 6. The molecule has 0 spiro atoms. The lowest BCUT2D eigenvalue weighted by atomic mass is 10.0. The van der Waals surface area contributed by atoms with E-state index in [2.05, 4.69) is 204 Å². The number of hydrogen-bond acceptors (Lipinski definition) is 18. The second-order valence-electron chi connectivity index (χ2n) is 32.2. The first-order valence-electron chi connectivity index (χ1n) is 42.2. The topological polar surface area (TPSA) is 198 Å². The van der Waals surface area contributed by atoms with Crippen LogP contribution in [0.5, 0.6) is 11.5 Å². The third-order valence-corrected chi connectivity index (χ3v) is 32.5. The largest absolute Gasteiger partial charge is 0.491 e. The molecule has 8 aromatic carbocycles. The summed E-state index contributed by atoms with van der Waals surface area (Å²) in [5.41, 5.74) is 21.5. The highest BCUT2D eigenvalue weighted by Gasteiger charge is 2.23. The zero-order valence-electron chi connectivity index (χ0n) is 73.6. The Morgan fingerprint density at radius 3 is 0.953 bits per heavy atom. The molecule has 656 valence electrons. The number of fused-ring (bicyclic) bond motifs is 6. The lowest BCUT2D eigenvalue weighted by Crippen LogP contribution is -2.07. The van der Waals surface area contributed by atoms with Gasteiger partial charge in [-0.3, -0.25) is 29.9 Å². The highest BCUT2D eigenvalue weighted by Crippen LogP contribution is 2.34. The van der Waals surface area contributed by atoms with E-state index in [1.165, 1.54) is 80.2 Å². The Bertz CT molecular complexity index is 7000. The van der Waals surface area contributed by atoms with Crippen LogP contribution in [0.3, 0.4) is 0 Å². The summed E-state index contributed by atoms with van der Waals surface area (Å²) >= 11 is 13.0. The quantitative estimate of drug-likeness (QED) is 0.0621. The molecule has 10 aromatic heterocycles. The molecule has 128 heavy (non-hydrogen) atoms. The molecule has 18 rings (SSSR count). The van der Waals surface area contributed by atoms with Crippen LogP contribution in [0.15, 0.2) is 299 Å². The molecule has 0 amide bonds. The van der Waals surface area contributed by atoms with Crippen molar-refractivity contribution in [2.24, 2.45) is 0 Å². The molecule has 0 aliphatic heterocycles. The van der Waals surface area contributed by atoms with Gasteiger partial charge in [-0.1, -0.05) is 158 Å². The Morgan fingerprint density at radius 1 is 0.297 bits per heavy atom. The summed E-state index contributed by atoms with van der Waals surface area (Å²) in [7, 11) is -10.1. The first-order valence-corrected chi connectivity index (χ1v) is 52.2. The van der Waals surface area contributed by atoms with Crippen LogP contribution in [0, 0.1) is 55.4 Å². The van der Waals surface area contributed by atoms with Crippen molar-refractivity contribution in [2.45, 2.75) is 164 Å². The van der Waals surface area contributed by atoms with E-state index in [-0.39, 0.29) is 34.4 Å². The average Bonchev–Trinajstić information content (AvgIpc) is 1.52. The fraction of sp³-hybridized carbons (Fsp3) is 0.219. The zero-order chi connectivity index (χ0) is 90.8. The summed E-state index contributed by atoms with van der Waals surface area (Å²) in [6.07, 6.45) is 6.56. The number of sulfone groups is 3. The fourth-order valence-corrected chi connectivity index (χ4v) is 24.4. The minimum atomic E-state index is -3.46. The zero-order valence-corrected chi connectivity index (χ0v) is 82.5. The van der Waals surface area contributed by atoms with Gasteiger partial charge in [0.05, 0.1) is 75.0 Å². The van der Waals surface area contributed by atoms with Gasteiger partial charge in [0, 0.05) is 76.2 Å². The highest BCUT2D eigenvalue weighted by atomic mass is 79.9. The minimum Gasteiger partial charge on any atom is -0.491 e. The number of nitrogens with zero attached hydrogens (tertiary/aromatic N) is 6. The number of aryl methyl sites for hydroxylation is 14. The van der Waals surface area contributed by atoms with Crippen molar-refractivity contribution in [3.05, 3.63) is 379 Å². The summed E-state index contributed by atoms with van der Waals surface area (Å²) in [6, 6.07) is 87.4. The van der Waals surface area contributed by atoms with E-state index >= 15 is 0 Å². The molecule has 0 radical (unpaired) electrons. The lowest BCUT2D eigenvalue weighted by molar-refractivity contribution is 0.242. The minimum absolute atomic E-state index is 0.0131. The van der Waals surface area contributed by atoms with Crippen molar-refractivity contribution in [1.29, 1.82) is 0 Å². The van der Waals surface area contributed by atoms with E-state index in [0.717, 1.165) is 148 Å². The average molecular weight is 1960 g/mol. The summed E-state index contributed by atoms with van der Waals surface area (Å²) in [6.45, 7) is 23.9. The SMILES string of the molecule is Cc1ccc2cccc(CCc3ccc(Br)s3)c2n1.Cc1ccc2cccc(CCc3ccc(OC(C)C)cc3)c2n1.Cc1ccc2cccc(CS(=O)(=O)c3ccc(Br)s3)c2n1.Cc1ccc2cccc(CS(=O)(=O)c3ccc(OC(C)C)cc3)c2n1.Cc1csc(CCc2cccc3ccc(C)nc23)c1.Cc1csc(S(=O)(=O)Cc2cccc3ccc(C)nc23)c1. The van der Waals surface area contributed by atoms with Gasteiger partial charge in [0.1, 0.15) is 19.9 Å². The summed E-state index contributed by atoms with van der Waals surface area (Å²) in [4.78, 5) is 30.8. The van der Waals surface area contributed by atoms with Crippen LogP contribution in [-0.2, 0) is 85.3 Å². The maximum absolute atomic E-state index is 12.8. The van der Waals surface area contributed by atoms with Crippen LogP contribution in [-0.4, -0.2) is 67.4 Å². The number of hydrogen-bond donors (Lipinski definition) is 0. The van der Waals surface area contributed by atoms with Gasteiger partial charge < -0.3 is 9.47 Å². The number of benzene rings is 8. The molecule has 14 nitrogen and oxygen atoms in total. The number of ether oxygens (including phenoxy) is 2. The van der Waals surface area contributed by atoms with Gasteiger partial charge in [0.2, 0.25) is 0 Å². The molecule has 10 heterocycles. The van der Waals surface area contributed by atoms with Gasteiger partial charge >= 0.3 is 0 Å². The predicted octanol–water partition coefficient (Wildman–Crippen LogP) is 27.5. The number of rotatable bonds is 22. The number of pyridine rings is 6. The standard InChI is InChI=1S/C21H23NO.C20H21NO3S.C17H17NS.C16H14BrNS.C16H15NO2S2.C15H12BrNO2S2/c1-15(2)23-20-13-9-17(10-14-20)8-12-19-6-4-5-18-11-7-16(3)22-21(18)19;1-14(2)24-18-9-11-19(12-10-18)25(22,23)13-17-6-4-5-16-8-7-15(3)21-20(16)17;1-12-10-16(19-11-12)9-8-15-5-3-4-14-7-6-13(2)18-17(14)15;1-11-5-6-12-3-2-4-13(16(12)18-11)7-8-14-9-10-15(17)19-14;1-11-8-15(20-9-11)21(18,19)10-14-5-3-4-13-7-6-12(2)17-16(13)14;1-10-5-6-11-3-2-4-12(15(11)17-10)9-21(18,19)14-8-7-13(16)20-14/h4-7,9-11,13-15H,8,12H2,1-3H3;4-12,14H,13H2,1-3H3;3-7,10-11H,8-9H2,1-2H3;2-6,9-10H,7-8H2,1H3;3-9H,10H2,1-2H3;2-8H,9H2,1H3. The molecular formula is C105H102Br2N6O8S7. The molecule has 0 N–H and O–H groups in total. The van der Waals surface area contributed by atoms with Crippen molar-refractivity contribution in [2.75, 3.05) is 0 Å².